The Balaban J connectivity index is 1.52. The Morgan fingerprint density at radius 2 is 1.69 bits per heavy atom. The number of aryl methyl sites for hydroxylation is 1. The zero-order valence-corrected chi connectivity index (χ0v) is 19.2. The van der Waals surface area contributed by atoms with E-state index in [1.165, 1.54) is 18.4 Å². The van der Waals surface area contributed by atoms with Crippen LogP contribution in [0.25, 0.3) is 0 Å². The lowest BCUT2D eigenvalue weighted by Crippen LogP contribution is -2.15. The molecule has 166 valence electrons. The average molecular weight is 470 g/mol. The van der Waals surface area contributed by atoms with Crippen molar-refractivity contribution >= 4 is 38.1 Å². The molecule has 0 spiro atoms. The van der Waals surface area contributed by atoms with Crippen LogP contribution in [0.4, 0.5) is 5.00 Å². The van der Waals surface area contributed by atoms with E-state index >= 15 is 0 Å². The Bertz CT molecular complexity index is 1250. The van der Waals surface area contributed by atoms with Crippen molar-refractivity contribution in [2.75, 3.05) is 12.4 Å². The van der Waals surface area contributed by atoms with Crippen LogP contribution in [0.2, 0.25) is 0 Å². The number of carbonyl (C=O) groups is 2. The number of hydrogen-bond donors (Lipinski definition) is 1. The van der Waals surface area contributed by atoms with Crippen molar-refractivity contribution in [3.63, 3.8) is 0 Å². The van der Waals surface area contributed by atoms with Crippen LogP contribution < -0.4 is 5.32 Å². The second kappa shape index (κ2) is 9.26. The molecule has 8 heteroatoms. The van der Waals surface area contributed by atoms with Crippen LogP contribution in [-0.4, -0.2) is 27.4 Å². The summed E-state index contributed by atoms with van der Waals surface area (Å²) in [6.07, 6.45) is 3.77. The van der Waals surface area contributed by atoms with Gasteiger partial charge in [0.2, 0.25) is 0 Å². The van der Waals surface area contributed by atoms with Gasteiger partial charge in [-0.2, -0.15) is 0 Å². The lowest BCUT2D eigenvalue weighted by molar-refractivity contribution is 0.0601. The first kappa shape index (κ1) is 22.2. The minimum Gasteiger partial charge on any atom is -0.465 e. The number of methoxy groups -OCH3 is 1. The van der Waals surface area contributed by atoms with Gasteiger partial charge < -0.3 is 10.1 Å². The molecule has 0 saturated heterocycles. The van der Waals surface area contributed by atoms with Crippen LogP contribution in [0.15, 0.2) is 59.5 Å². The molecule has 1 aliphatic carbocycles. The van der Waals surface area contributed by atoms with E-state index in [2.05, 4.69) is 5.32 Å². The highest BCUT2D eigenvalue weighted by molar-refractivity contribution is 7.90. The number of sulfone groups is 1. The molecule has 0 radical (unpaired) electrons. The van der Waals surface area contributed by atoms with Gasteiger partial charge in [0.1, 0.15) is 5.00 Å². The van der Waals surface area contributed by atoms with Crippen molar-refractivity contribution in [3.8, 4) is 0 Å². The Kier molecular flexibility index (Phi) is 6.43. The quantitative estimate of drug-likeness (QED) is 0.531. The minimum absolute atomic E-state index is 0.150. The van der Waals surface area contributed by atoms with Crippen molar-refractivity contribution < 1.29 is 22.7 Å². The van der Waals surface area contributed by atoms with E-state index in [0.717, 1.165) is 36.1 Å². The topological polar surface area (TPSA) is 89.5 Å². The standard InChI is InChI=1S/C24H23NO5S2/c1-30-24(27)21-19-9-5-6-10-20(19)31-23(21)25-22(26)17-13-11-16(12-14-17)15-32(28,29)18-7-3-2-4-8-18/h2-4,7-8,11-14H,5-6,9-10,15H2,1H3,(H,25,26). The average Bonchev–Trinajstić information content (AvgIpc) is 3.17. The summed E-state index contributed by atoms with van der Waals surface area (Å²) in [6.45, 7) is 0. The summed E-state index contributed by atoms with van der Waals surface area (Å²) < 4.78 is 30.1. The molecule has 3 aromatic rings. The first-order chi connectivity index (χ1) is 15.4. The molecule has 0 fully saturated rings. The van der Waals surface area contributed by atoms with Gasteiger partial charge in [0, 0.05) is 10.4 Å². The molecule has 6 nitrogen and oxygen atoms in total. The van der Waals surface area contributed by atoms with Gasteiger partial charge in [0.05, 0.1) is 23.3 Å². The fourth-order valence-electron chi connectivity index (χ4n) is 3.83. The summed E-state index contributed by atoms with van der Waals surface area (Å²) in [5.41, 5.74) is 2.40. The van der Waals surface area contributed by atoms with E-state index in [-0.39, 0.29) is 16.6 Å². The molecule has 1 aromatic heterocycles. The Morgan fingerprint density at radius 1 is 1.00 bits per heavy atom. The maximum Gasteiger partial charge on any atom is 0.341 e. The van der Waals surface area contributed by atoms with Crippen molar-refractivity contribution in [2.24, 2.45) is 0 Å². The predicted molar refractivity (Wildman–Crippen MR) is 124 cm³/mol. The van der Waals surface area contributed by atoms with Gasteiger partial charge >= 0.3 is 5.97 Å². The molecular weight excluding hydrogens is 446 g/mol. The molecule has 1 amide bonds. The first-order valence-electron chi connectivity index (χ1n) is 10.3. The van der Waals surface area contributed by atoms with Crippen molar-refractivity contribution in [1.29, 1.82) is 0 Å². The second-order valence-electron chi connectivity index (χ2n) is 7.63. The van der Waals surface area contributed by atoms with Crippen LogP contribution in [0.5, 0.6) is 0 Å². The van der Waals surface area contributed by atoms with Crippen LogP contribution in [0.3, 0.4) is 0 Å². The number of fused-ring (bicyclic) bond motifs is 1. The number of esters is 1. The highest BCUT2D eigenvalue weighted by Gasteiger charge is 2.27. The third-order valence-electron chi connectivity index (χ3n) is 5.46. The lowest BCUT2D eigenvalue weighted by Gasteiger charge is -2.11. The zero-order chi connectivity index (χ0) is 22.7. The third kappa shape index (κ3) is 4.61. The highest BCUT2D eigenvalue weighted by Crippen LogP contribution is 2.38. The predicted octanol–water partition coefficient (Wildman–Crippen LogP) is 4.64. The monoisotopic (exact) mass is 469 g/mol. The van der Waals surface area contributed by atoms with Gasteiger partial charge in [0.15, 0.2) is 9.84 Å². The number of anilines is 1. The number of thiophene rings is 1. The summed E-state index contributed by atoms with van der Waals surface area (Å²) in [6, 6.07) is 14.7. The van der Waals surface area contributed by atoms with E-state index in [1.807, 2.05) is 0 Å². The Morgan fingerprint density at radius 3 is 2.38 bits per heavy atom. The van der Waals surface area contributed by atoms with Crippen LogP contribution in [0.1, 0.15) is 49.6 Å². The molecular formula is C24H23NO5S2. The van der Waals surface area contributed by atoms with E-state index in [4.69, 9.17) is 4.74 Å². The fourth-order valence-corrected chi connectivity index (χ4v) is 6.47. The maximum atomic E-state index is 12.8. The Hall–Kier alpha value is -2.97. The summed E-state index contributed by atoms with van der Waals surface area (Å²) in [7, 11) is -2.13. The van der Waals surface area contributed by atoms with Gasteiger partial charge in [-0.05, 0) is 61.1 Å². The van der Waals surface area contributed by atoms with E-state index in [9.17, 15) is 18.0 Å². The minimum atomic E-state index is -3.47. The van der Waals surface area contributed by atoms with Crippen LogP contribution in [-0.2, 0) is 33.2 Å². The second-order valence-corrected chi connectivity index (χ2v) is 10.7. The number of rotatable bonds is 6. The highest BCUT2D eigenvalue weighted by atomic mass is 32.2. The number of hydrogen-bond acceptors (Lipinski definition) is 6. The normalized spacial score (nSPS) is 13.3. The largest absolute Gasteiger partial charge is 0.465 e. The number of carbonyl (C=O) groups excluding carboxylic acids is 2. The van der Waals surface area contributed by atoms with Crippen LogP contribution in [0, 0.1) is 0 Å². The summed E-state index contributed by atoms with van der Waals surface area (Å²) in [5, 5.41) is 3.36. The van der Waals surface area contributed by atoms with Crippen molar-refractivity contribution in [1.82, 2.24) is 0 Å². The molecule has 2 aromatic carbocycles. The van der Waals surface area contributed by atoms with E-state index in [0.29, 0.717) is 21.7 Å². The van der Waals surface area contributed by atoms with E-state index in [1.54, 1.807) is 54.6 Å². The summed E-state index contributed by atoms with van der Waals surface area (Å²) in [4.78, 5) is 26.6. The number of amides is 1. The van der Waals surface area contributed by atoms with Gasteiger partial charge in [0.25, 0.3) is 5.91 Å². The maximum absolute atomic E-state index is 12.8. The molecule has 1 N–H and O–H groups in total. The van der Waals surface area contributed by atoms with Gasteiger partial charge in [-0.3, -0.25) is 4.79 Å². The SMILES string of the molecule is COC(=O)c1c(NC(=O)c2ccc(CS(=O)(=O)c3ccccc3)cc2)sc2c1CCCC2. The molecule has 0 bridgehead atoms. The molecule has 4 rings (SSSR count). The summed E-state index contributed by atoms with van der Waals surface area (Å²) in [5.74, 6) is -0.948. The number of ether oxygens (including phenoxy) is 1. The van der Waals surface area contributed by atoms with Crippen molar-refractivity contribution in [3.05, 3.63) is 81.7 Å². The molecule has 0 atom stereocenters. The smallest absolute Gasteiger partial charge is 0.341 e. The zero-order valence-electron chi connectivity index (χ0n) is 17.6. The van der Waals surface area contributed by atoms with Crippen LogP contribution >= 0.6 is 11.3 Å². The van der Waals surface area contributed by atoms with Gasteiger partial charge in [-0.15, -0.1) is 11.3 Å². The number of nitrogens with one attached hydrogen (secondary N) is 1. The molecule has 32 heavy (non-hydrogen) atoms. The molecule has 0 aliphatic heterocycles. The molecule has 1 aliphatic rings. The molecule has 1 heterocycles. The first-order valence-corrected chi connectivity index (χ1v) is 12.8. The van der Waals surface area contributed by atoms with Gasteiger partial charge in [-0.25, -0.2) is 13.2 Å². The molecule has 0 saturated carbocycles. The number of benzene rings is 2. The molecule has 0 unspecified atom stereocenters. The fraction of sp³-hybridized carbons (Fsp3) is 0.250. The lowest BCUT2D eigenvalue weighted by atomic mass is 9.95. The summed E-state index contributed by atoms with van der Waals surface area (Å²) >= 11 is 1.43. The van der Waals surface area contributed by atoms with Crippen molar-refractivity contribution in [2.45, 2.75) is 36.3 Å². The van der Waals surface area contributed by atoms with Gasteiger partial charge in [-0.1, -0.05) is 30.3 Å². The third-order valence-corrected chi connectivity index (χ3v) is 8.37. The Labute approximate surface area is 191 Å². The van der Waals surface area contributed by atoms with E-state index < -0.39 is 15.8 Å².